The number of hydrogen-bond donors (Lipinski definition) is 1. The Labute approximate surface area is 128 Å². The zero-order valence-electron chi connectivity index (χ0n) is 13.5. The predicted molar refractivity (Wildman–Crippen MR) is 86.2 cm³/mol. The first-order valence-electron chi connectivity index (χ1n) is 8.22. The second kappa shape index (κ2) is 9.13. The molecule has 4 nitrogen and oxygen atoms in total. The van der Waals surface area contributed by atoms with Gasteiger partial charge in [-0.25, -0.2) is 0 Å². The Morgan fingerprint density at radius 2 is 2.29 bits per heavy atom. The summed E-state index contributed by atoms with van der Waals surface area (Å²) in [5, 5.41) is 3.39. The lowest BCUT2D eigenvalue weighted by atomic mass is 10.0. The summed E-state index contributed by atoms with van der Waals surface area (Å²) in [6.45, 7) is 6.76. The van der Waals surface area contributed by atoms with E-state index < -0.39 is 0 Å². The highest BCUT2D eigenvalue weighted by Crippen LogP contribution is 2.15. The van der Waals surface area contributed by atoms with Gasteiger partial charge in [0.05, 0.1) is 18.9 Å². The van der Waals surface area contributed by atoms with Crippen LogP contribution in [-0.4, -0.2) is 42.7 Å². The standard InChI is InChI=1S/C17H29N3O/c1-3-9-18-11-15-7-8-16(19-12-15)13-21-14-17-6-4-5-10-20(17)2/h7-8,12,17-18H,3-6,9-11,13-14H2,1-2H3. The molecule has 21 heavy (non-hydrogen) atoms. The van der Waals surface area contributed by atoms with Crippen LogP contribution in [0.25, 0.3) is 0 Å². The maximum absolute atomic E-state index is 5.85. The summed E-state index contributed by atoms with van der Waals surface area (Å²) in [6, 6.07) is 4.80. The van der Waals surface area contributed by atoms with Crippen LogP contribution in [-0.2, 0) is 17.9 Å². The van der Waals surface area contributed by atoms with Gasteiger partial charge < -0.3 is 15.0 Å². The van der Waals surface area contributed by atoms with Crippen molar-refractivity contribution in [3.8, 4) is 0 Å². The molecule has 1 N–H and O–H groups in total. The molecule has 1 aromatic heterocycles. The summed E-state index contributed by atoms with van der Waals surface area (Å²) >= 11 is 0. The Morgan fingerprint density at radius 1 is 1.38 bits per heavy atom. The van der Waals surface area contributed by atoms with Crippen molar-refractivity contribution in [2.75, 3.05) is 26.7 Å². The number of nitrogens with one attached hydrogen (secondary N) is 1. The first-order valence-corrected chi connectivity index (χ1v) is 8.22. The number of aromatic nitrogens is 1. The number of likely N-dealkylation sites (tertiary alicyclic amines) is 1. The van der Waals surface area contributed by atoms with Gasteiger partial charge >= 0.3 is 0 Å². The molecule has 2 heterocycles. The minimum atomic E-state index is 0.580. The van der Waals surface area contributed by atoms with Gasteiger partial charge in [0.25, 0.3) is 0 Å². The fourth-order valence-corrected chi connectivity index (χ4v) is 2.71. The molecule has 4 heteroatoms. The van der Waals surface area contributed by atoms with Crippen molar-refractivity contribution in [2.45, 2.75) is 51.8 Å². The molecule has 1 fully saturated rings. The molecule has 0 aromatic carbocycles. The molecule has 2 rings (SSSR count). The third kappa shape index (κ3) is 5.73. The van der Waals surface area contributed by atoms with Crippen molar-refractivity contribution >= 4 is 0 Å². The van der Waals surface area contributed by atoms with Gasteiger partial charge in [0, 0.05) is 18.8 Å². The number of likely N-dealkylation sites (N-methyl/N-ethyl adjacent to an activating group) is 1. The quantitative estimate of drug-likeness (QED) is 0.747. The number of hydrogen-bond acceptors (Lipinski definition) is 4. The van der Waals surface area contributed by atoms with Crippen molar-refractivity contribution in [3.63, 3.8) is 0 Å². The second-order valence-corrected chi connectivity index (χ2v) is 5.98. The summed E-state index contributed by atoms with van der Waals surface area (Å²) < 4.78 is 5.85. The van der Waals surface area contributed by atoms with Crippen LogP contribution in [0.4, 0.5) is 0 Å². The minimum Gasteiger partial charge on any atom is -0.374 e. The Bertz CT molecular complexity index is 394. The fourth-order valence-electron chi connectivity index (χ4n) is 2.71. The van der Waals surface area contributed by atoms with Crippen LogP contribution in [0.3, 0.4) is 0 Å². The van der Waals surface area contributed by atoms with E-state index in [1.807, 2.05) is 6.20 Å². The van der Waals surface area contributed by atoms with Crippen molar-refractivity contribution in [2.24, 2.45) is 0 Å². The normalized spacial score (nSPS) is 19.8. The lowest BCUT2D eigenvalue weighted by Crippen LogP contribution is -2.39. The van der Waals surface area contributed by atoms with Gasteiger partial charge in [-0.15, -0.1) is 0 Å². The molecule has 0 spiro atoms. The highest BCUT2D eigenvalue weighted by atomic mass is 16.5. The van der Waals surface area contributed by atoms with E-state index >= 15 is 0 Å². The van der Waals surface area contributed by atoms with Crippen LogP contribution in [0, 0.1) is 0 Å². The Kier molecular flexibility index (Phi) is 7.13. The molecule has 1 aliphatic rings. The average molecular weight is 291 g/mol. The zero-order valence-corrected chi connectivity index (χ0v) is 13.5. The number of pyridine rings is 1. The molecule has 0 amide bonds. The SMILES string of the molecule is CCCNCc1ccc(COCC2CCCCN2C)nc1. The van der Waals surface area contributed by atoms with Crippen LogP contribution in [0.15, 0.2) is 18.3 Å². The molecule has 0 saturated carbocycles. The van der Waals surface area contributed by atoms with E-state index in [2.05, 4.69) is 41.3 Å². The van der Waals surface area contributed by atoms with Crippen LogP contribution >= 0.6 is 0 Å². The topological polar surface area (TPSA) is 37.4 Å². The first-order chi connectivity index (χ1) is 10.3. The highest BCUT2D eigenvalue weighted by Gasteiger charge is 2.18. The minimum absolute atomic E-state index is 0.580. The summed E-state index contributed by atoms with van der Waals surface area (Å²) in [6.07, 6.45) is 7.02. The van der Waals surface area contributed by atoms with Crippen molar-refractivity contribution in [3.05, 3.63) is 29.6 Å². The van der Waals surface area contributed by atoms with E-state index in [9.17, 15) is 0 Å². The second-order valence-electron chi connectivity index (χ2n) is 5.98. The lowest BCUT2D eigenvalue weighted by molar-refractivity contribution is 0.0431. The Morgan fingerprint density at radius 3 is 3.00 bits per heavy atom. The van der Waals surface area contributed by atoms with E-state index in [0.717, 1.165) is 31.8 Å². The molecule has 0 radical (unpaired) electrons. The molecule has 0 bridgehead atoms. The van der Waals surface area contributed by atoms with Gasteiger partial charge in [-0.1, -0.05) is 19.4 Å². The number of piperidine rings is 1. The fraction of sp³-hybridized carbons (Fsp3) is 0.706. The van der Waals surface area contributed by atoms with E-state index in [1.54, 1.807) is 0 Å². The summed E-state index contributed by atoms with van der Waals surface area (Å²) in [5.41, 5.74) is 2.26. The number of ether oxygens (including phenoxy) is 1. The van der Waals surface area contributed by atoms with Crippen LogP contribution in [0.5, 0.6) is 0 Å². The lowest BCUT2D eigenvalue weighted by Gasteiger charge is -2.32. The van der Waals surface area contributed by atoms with Gasteiger partial charge in [-0.3, -0.25) is 4.98 Å². The van der Waals surface area contributed by atoms with Crippen LogP contribution in [0.1, 0.15) is 43.9 Å². The third-order valence-corrected chi connectivity index (χ3v) is 4.12. The van der Waals surface area contributed by atoms with Gasteiger partial charge in [0.15, 0.2) is 0 Å². The van der Waals surface area contributed by atoms with Gasteiger partial charge in [0.2, 0.25) is 0 Å². The van der Waals surface area contributed by atoms with E-state index in [1.165, 1.54) is 31.4 Å². The van der Waals surface area contributed by atoms with Crippen LogP contribution in [0.2, 0.25) is 0 Å². The highest BCUT2D eigenvalue weighted by molar-refractivity contribution is 5.13. The zero-order chi connectivity index (χ0) is 14.9. The summed E-state index contributed by atoms with van der Waals surface area (Å²) in [5.74, 6) is 0. The van der Waals surface area contributed by atoms with Crippen molar-refractivity contribution < 1.29 is 4.74 Å². The van der Waals surface area contributed by atoms with E-state index in [4.69, 9.17) is 4.74 Å². The largest absolute Gasteiger partial charge is 0.374 e. The molecular formula is C17H29N3O. The van der Waals surface area contributed by atoms with Gasteiger partial charge in [-0.2, -0.15) is 0 Å². The molecular weight excluding hydrogens is 262 g/mol. The number of nitrogens with zero attached hydrogens (tertiary/aromatic N) is 2. The van der Waals surface area contributed by atoms with Crippen molar-refractivity contribution in [1.82, 2.24) is 15.2 Å². The van der Waals surface area contributed by atoms with Crippen LogP contribution < -0.4 is 5.32 Å². The van der Waals surface area contributed by atoms with E-state index in [-0.39, 0.29) is 0 Å². The molecule has 1 aromatic rings. The first kappa shape index (κ1) is 16.4. The smallest absolute Gasteiger partial charge is 0.0888 e. The summed E-state index contributed by atoms with van der Waals surface area (Å²) in [4.78, 5) is 6.90. The molecule has 1 atom stereocenters. The Balaban J connectivity index is 1.68. The molecule has 118 valence electrons. The van der Waals surface area contributed by atoms with Gasteiger partial charge in [0.1, 0.15) is 0 Å². The molecule has 1 aliphatic heterocycles. The molecule has 0 aliphatic carbocycles. The van der Waals surface area contributed by atoms with Gasteiger partial charge in [-0.05, 0) is 51.0 Å². The maximum Gasteiger partial charge on any atom is 0.0888 e. The average Bonchev–Trinajstić information content (AvgIpc) is 2.51. The molecule has 1 unspecified atom stereocenters. The monoisotopic (exact) mass is 291 g/mol. The maximum atomic E-state index is 5.85. The van der Waals surface area contributed by atoms with E-state index in [0.29, 0.717) is 12.6 Å². The summed E-state index contributed by atoms with van der Waals surface area (Å²) in [7, 11) is 2.20. The molecule has 1 saturated heterocycles. The Hall–Kier alpha value is -0.970. The third-order valence-electron chi connectivity index (χ3n) is 4.12. The number of rotatable bonds is 8. The predicted octanol–water partition coefficient (Wildman–Crippen LogP) is 2.58. The van der Waals surface area contributed by atoms with Crippen molar-refractivity contribution in [1.29, 1.82) is 0 Å².